The van der Waals surface area contributed by atoms with E-state index >= 15 is 0 Å². The molecule has 1 N–H and O–H groups in total. The van der Waals surface area contributed by atoms with Crippen LogP contribution >= 0.6 is 0 Å². The maximum atomic E-state index is 14.8. The number of nitrogens with zero attached hydrogens (tertiary/aromatic N) is 4. The molecule has 1 aromatic heterocycles. The van der Waals surface area contributed by atoms with E-state index in [2.05, 4.69) is 21.4 Å². The predicted molar refractivity (Wildman–Crippen MR) is 113 cm³/mol. The predicted octanol–water partition coefficient (Wildman–Crippen LogP) is 2.69. The van der Waals surface area contributed by atoms with Crippen LogP contribution in [0.15, 0.2) is 48.7 Å². The van der Waals surface area contributed by atoms with Crippen LogP contribution in [0.4, 0.5) is 10.1 Å². The summed E-state index contributed by atoms with van der Waals surface area (Å²) in [7, 11) is 1.51. The minimum atomic E-state index is -0.367. The first-order valence-electron chi connectivity index (χ1n) is 9.78. The van der Waals surface area contributed by atoms with Crippen LogP contribution in [0.3, 0.4) is 0 Å². The zero-order chi connectivity index (χ0) is 21.8. The molecule has 4 rings (SSSR count). The van der Waals surface area contributed by atoms with Crippen LogP contribution in [0.2, 0.25) is 0 Å². The van der Waals surface area contributed by atoms with E-state index < -0.39 is 0 Å². The third-order valence-corrected chi connectivity index (χ3v) is 5.11. The fourth-order valence-electron chi connectivity index (χ4n) is 3.51. The van der Waals surface area contributed by atoms with Crippen LogP contribution in [0, 0.1) is 17.1 Å². The average molecular weight is 417 g/mol. The van der Waals surface area contributed by atoms with Crippen LogP contribution in [-0.4, -0.2) is 42.6 Å². The number of halogens is 1. The highest BCUT2D eigenvalue weighted by Crippen LogP contribution is 2.26. The Morgan fingerprint density at radius 3 is 2.87 bits per heavy atom. The summed E-state index contributed by atoms with van der Waals surface area (Å²) in [6.07, 6.45) is 1.84. The molecule has 7 nitrogen and oxygen atoms in total. The van der Waals surface area contributed by atoms with Crippen molar-refractivity contribution in [3.8, 4) is 23.1 Å². The summed E-state index contributed by atoms with van der Waals surface area (Å²) in [6, 6.07) is 14.0. The Labute approximate surface area is 179 Å². The molecule has 1 aliphatic rings. The van der Waals surface area contributed by atoms with Crippen molar-refractivity contribution in [1.29, 1.82) is 5.26 Å². The minimum absolute atomic E-state index is 0.0703. The molecule has 156 valence electrons. The molecular formula is C23H20FN5O2. The van der Waals surface area contributed by atoms with Gasteiger partial charge in [0.25, 0.3) is 0 Å². The maximum Gasteiger partial charge on any atom is 0.239 e. The number of methoxy groups -OCH3 is 1. The number of nitriles is 1. The monoisotopic (exact) mass is 417 g/mol. The highest BCUT2D eigenvalue weighted by molar-refractivity contribution is 5.82. The average Bonchev–Trinajstić information content (AvgIpc) is 2.80. The van der Waals surface area contributed by atoms with E-state index in [9.17, 15) is 14.4 Å². The summed E-state index contributed by atoms with van der Waals surface area (Å²) in [5.74, 6) is 0.525. The Morgan fingerprint density at radius 1 is 1.26 bits per heavy atom. The molecule has 0 radical (unpaired) electrons. The molecule has 0 atom stereocenters. The highest BCUT2D eigenvalue weighted by Gasteiger charge is 2.18. The lowest BCUT2D eigenvalue weighted by Crippen LogP contribution is -2.47. The van der Waals surface area contributed by atoms with E-state index in [0.717, 1.165) is 5.56 Å². The number of rotatable bonds is 5. The maximum absolute atomic E-state index is 14.8. The van der Waals surface area contributed by atoms with E-state index in [4.69, 9.17) is 4.74 Å². The van der Waals surface area contributed by atoms with Gasteiger partial charge in [0.15, 0.2) is 0 Å². The number of piperazine rings is 1. The van der Waals surface area contributed by atoms with Crippen LogP contribution in [0.25, 0.3) is 11.3 Å². The normalized spacial score (nSPS) is 13.5. The molecule has 3 aromatic rings. The smallest absolute Gasteiger partial charge is 0.239 e. The lowest BCUT2D eigenvalue weighted by atomic mass is 10.1. The summed E-state index contributed by atoms with van der Waals surface area (Å²) in [5.41, 5.74) is 2.94. The fourth-order valence-corrected chi connectivity index (χ4v) is 3.51. The summed E-state index contributed by atoms with van der Waals surface area (Å²) in [6.45, 7) is 1.40. The molecule has 31 heavy (non-hydrogen) atoms. The topological polar surface area (TPSA) is 91.1 Å². The molecular weight excluding hydrogens is 397 g/mol. The molecule has 0 spiro atoms. The summed E-state index contributed by atoms with van der Waals surface area (Å²) in [5, 5.41) is 12.1. The number of anilines is 1. The zero-order valence-corrected chi connectivity index (χ0v) is 16.9. The lowest BCUT2D eigenvalue weighted by molar-refractivity contribution is -0.120. The fraction of sp³-hybridized carbons (Fsp3) is 0.217. The Bertz CT molecular complexity index is 1170. The second-order valence-corrected chi connectivity index (χ2v) is 7.11. The molecule has 0 saturated carbocycles. The molecule has 0 unspecified atom stereocenters. The van der Waals surface area contributed by atoms with Gasteiger partial charge in [-0.25, -0.2) is 14.4 Å². The van der Waals surface area contributed by atoms with Gasteiger partial charge in [0, 0.05) is 37.0 Å². The van der Waals surface area contributed by atoms with Gasteiger partial charge in [-0.1, -0.05) is 6.07 Å². The van der Waals surface area contributed by atoms with Gasteiger partial charge in [0.1, 0.15) is 23.5 Å². The number of hydrogen-bond donors (Lipinski definition) is 1. The molecule has 2 aromatic carbocycles. The van der Waals surface area contributed by atoms with Gasteiger partial charge >= 0.3 is 0 Å². The van der Waals surface area contributed by atoms with Gasteiger partial charge in [0.05, 0.1) is 24.9 Å². The quantitative estimate of drug-likeness (QED) is 0.686. The number of nitrogens with one attached hydrogen (secondary N) is 1. The number of benzene rings is 2. The molecule has 1 fully saturated rings. The van der Waals surface area contributed by atoms with Crippen LogP contribution in [0.5, 0.6) is 5.75 Å². The molecule has 1 aliphatic heterocycles. The van der Waals surface area contributed by atoms with E-state index in [-0.39, 0.29) is 24.7 Å². The van der Waals surface area contributed by atoms with E-state index in [1.165, 1.54) is 13.2 Å². The zero-order valence-electron chi connectivity index (χ0n) is 16.9. The van der Waals surface area contributed by atoms with Gasteiger partial charge in [-0.2, -0.15) is 5.26 Å². The molecule has 1 saturated heterocycles. The Kier molecular flexibility index (Phi) is 5.76. The molecule has 1 amide bonds. The van der Waals surface area contributed by atoms with Crippen molar-refractivity contribution >= 4 is 11.6 Å². The van der Waals surface area contributed by atoms with Gasteiger partial charge in [0.2, 0.25) is 5.91 Å². The SMILES string of the molecule is COc1ccc(-c2ccnc(Cc3ccc(N4CCNC(=O)C4)cc3F)n2)cc1C#N. The summed E-state index contributed by atoms with van der Waals surface area (Å²) < 4.78 is 19.9. The van der Waals surface area contributed by atoms with Crippen molar-refractivity contribution in [2.75, 3.05) is 31.6 Å². The van der Waals surface area contributed by atoms with Crippen molar-refractivity contribution in [3.63, 3.8) is 0 Å². The first kappa shape index (κ1) is 20.3. The minimum Gasteiger partial charge on any atom is -0.495 e. The van der Waals surface area contributed by atoms with Crippen molar-refractivity contribution in [1.82, 2.24) is 15.3 Å². The molecule has 8 heteroatoms. The Hall–Kier alpha value is -3.99. The third kappa shape index (κ3) is 4.46. The number of carbonyl (C=O) groups excluding carboxylic acids is 1. The van der Waals surface area contributed by atoms with E-state index in [0.29, 0.717) is 47.2 Å². The van der Waals surface area contributed by atoms with Gasteiger partial charge < -0.3 is 15.0 Å². The third-order valence-electron chi connectivity index (χ3n) is 5.11. The number of ether oxygens (including phenoxy) is 1. The lowest BCUT2D eigenvalue weighted by Gasteiger charge is -2.28. The number of amides is 1. The highest BCUT2D eigenvalue weighted by atomic mass is 19.1. The summed E-state index contributed by atoms with van der Waals surface area (Å²) >= 11 is 0. The summed E-state index contributed by atoms with van der Waals surface area (Å²) in [4.78, 5) is 22.2. The van der Waals surface area contributed by atoms with Gasteiger partial charge in [-0.05, 0) is 42.0 Å². The van der Waals surface area contributed by atoms with Crippen molar-refractivity contribution in [2.24, 2.45) is 0 Å². The largest absolute Gasteiger partial charge is 0.495 e. The van der Waals surface area contributed by atoms with E-state index in [1.54, 1.807) is 30.5 Å². The number of hydrogen-bond acceptors (Lipinski definition) is 6. The first-order chi connectivity index (χ1) is 15.1. The van der Waals surface area contributed by atoms with Crippen LogP contribution in [0.1, 0.15) is 17.0 Å². The standard InChI is InChI=1S/C23H20FN5O2/c1-31-21-5-3-16(10-17(21)13-25)20-6-7-26-22(28-20)11-15-2-4-18(12-19(15)24)29-9-8-27-23(30)14-29/h2-7,10,12H,8-9,11,14H2,1H3,(H,27,30). The second-order valence-electron chi connectivity index (χ2n) is 7.11. The van der Waals surface area contributed by atoms with Crippen molar-refractivity contribution < 1.29 is 13.9 Å². The molecule has 0 aliphatic carbocycles. The Balaban J connectivity index is 1.55. The Morgan fingerprint density at radius 2 is 2.13 bits per heavy atom. The number of aromatic nitrogens is 2. The van der Waals surface area contributed by atoms with Gasteiger partial charge in [-0.15, -0.1) is 0 Å². The first-order valence-corrected chi connectivity index (χ1v) is 9.78. The van der Waals surface area contributed by atoms with E-state index in [1.807, 2.05) is 17.0 Å². The van der Waals surface area contributed by atoms with Crippen molar-refractivity contribution in [3.05, 3.63) is 71.4 Å². The molecule has 0 bridgehead atoms. The molecule has 2 heterocycles. The number of carbonyl (C=O) groups is 1. The van der Waals surface area contributed by atoms with Crippen molar-refractivity contribution in [2.45, 2.75) is 6.42 Å². The van der Waals surface area contributed by atoms with Crippen LogP contribution in [-0.2, 0) is 11.2 Å². The van der Waals surface area contributed by atoms with Gasteiger partial charge in [-0.3, -0.25) is 4.79 Å². The van der Waals surface area contributed by atoms with Crippen LogP contribution < -0.4 is 15.0 Å². The second kappa shape index (κ2) is 8.79.